The van der Waals surface area contributed by atoms with Gasteiger partial charge in [0.05, 0.1) is 31.4 Å². The molecular formula is C20H26N2O3S. The van der Waals surface area contributed by atoms with Gasteiger partial charge in [0.15, 0.2) is 10.9 Å². The number of nitrogens with zero attached hydrogens (tertiary/aromatic N) is 2. The first-order chi connectivity index (χ1) is 12.7. The topological polar surface area (TPSA) is 64.3 Å². The van der Waals surface area contributed by atoms with Crippen LogP contribution < -0.4 is 4.74 Å². The highest BCUT2D eigenvalue weighted by Gasteiger charge is 2.19. The Kier molecular flexibility index (Phi) is 6.74. The molecule has 1 aliphatic rings. The van der Waals surface area contributed by atoms with Gasteiger partial charge < -0.3 is 14.4 Å². The summed E-state index contributed by atoms with van der Waals surface area (Å²) in [5, 5.41) is 10.4. The van der Waals surface area contributed by atoms with E-state index in [-0.39, 0.29) is 12.4 Å². The maximum atomic E-state index is 12.4. The van der Waals surface area contributed by atoms with E-state index in [2.05, 4.69) is 9.55 Å². The third-order valence-corrected chi connectivity index (χ3v) is 5.96. The van der Waals surface area contributed by atoms with Gasteiger partial charge >= 0.3 is 0 Å². The predicted molar refractivity (Wildman–Crippen MR) is 103 cm³/mol. The van der Waals surface area contributed by atoms with Crippen molar-refractivity contribution in [3.8, 4) is 5.75 Å². The van der Waals surface area contributed by atoms with Crippen molar-refractivity contribution in [3.63, 3.8) is 0 Å². The lowest BCUT2D eigenvalue weighted by Gasteiger charge is -2.23. The van der Waals surface area contributed by atoms with Crippen molar-refractivity contribution in [2.45, 2.75) is 50.4 Å². The smallest absolute Gasteiger partial charge is 0.173 e. The van der Waals surface area contributed by atoms with Crippen molar-refractivity contribution in [1.29, 1.82) is 0 Å². The molecule has 1 aromatic heterocycles. The standard InChI is InChI=1S/C20H26N2O3S/c1-25-18-9-7-16(8-10-18)19(24)14-26-20-21-11-17(13-23)22(20)12-15-5-3-2-4-6-15/h7-11,15,23H,2-6,12-14H2,1H3. The number of Topliss-reactive ketones (excluding diaryl/α,β-unsaturated/α-hetero) is 1. The Bertz CT molecular complexity index is 721. The Morgan fingerprint density at radius 2 is 2.00 bits per heavy atom. The number of ether oxygens (including phenoxy) is 1. The molecule has 5 nitrogen and oxygen atoms in total. The number of rotatable bonds is 8. The number of ketones is 1. The van der Waals surface area contributed by atoms with Crippen LogP contribution in [0.25, 0.3) is 0 Å². The normalized spacial score (nSPS) is 15.2. The highest BCUT2D eigenvalue weighted by Crippen LogP contribution is 2.28. The fourth-order valence-corrected chi connectivity index (χ4v) is 4.35. The molecule has 1 N–H and O–H groups in total. The predicted octanol–water partition coefficient (Wildman–Crippen LogP) is 3.94. The van der Waals surface area contributed by atoms with Crippen molar-refractivity contribution in [3.05, 3.63) is 41.7 Å². The fraction of sp³-hybridized carbons (Fsp3) is 0.500. The fourth-order valence-electron chi connectivity index (χ4n) is 3.45. The first-order valence-corrected chi connectivity index (χ1v) is 10.1. The van der Waals surface area contributed by atoms with Gasteiger partial charge in [-0.25, -0.2) is 4.98 Å². The number of imidazole rings is 1. The zero-order chi connectivity index (χ0) is 18.4. The van der Waals surface area contributed by atoms with Crippen molar-refractivity contribution >= 4 is 17.5 Å². The van der Waals surface area contributed by atoms with Crippen LogP contribution in [0.5, 0.6) is 5.75 Å². The Balaban J connectivity index is 1.64. The largest absolute Gasteiger partial charge is 0.497 e. The van der Waals surface area contributed by atoms with E-state index in [1.54, 1.807) is 37.6 Å². The molecule has 1 fully saturated rings. The number of methoxy groups -OCH3 is 1. The Hall–Kier alpha value is -1.79. The summed E-state index contributed by atoms with van der Waals surface area (Å²) in [7, 11) is 1.61. The average molecular weight is 375 g/mol. The number of benzene rings is 1. The van der Waals surface area contributed by atoms with E-state index in [9.17, 15) is 9.90 Å². The van der Waals surface area contributed by atoms with E-state index in [0.717, 1.165) is 23.1 Å². The van der Waals surface area contributed by atoms with Gasteiger partial charge in [-0.3, -0.25) is 4.79 Å². The van der Waals surface area contributed by atoms with E-state index in [1.165, 1.54) is 43.9 Å². The minimum atomic E-state index is -0.0211. The molecule has 0 spiro atoms. The lowest BCUT2D eigenvalue weighted by Crippen LogP contribution is -2.17. The summed E-state index contributed by atoms with van der Waals surface area (Å²) in [5.41, 5.74) is 1.50. The molecule has 1 saturated carbocycles. The molecule has 140 valence electrons. The van der Waals surface area contributed by atoms with Crippen LogP contribution in [-0.2, 0) is 13.2 Å². The van der Waals surface area contributed by atoms with Gasteiger partial charge in [0, 0.05) is 12.1 Å². The van der Waals surface area contributed by atoms with Gasteiger partial charge in [-0.1, -0.05) is 31.0 Å². The molecule has 0 aliphatic heterocycles. The molecular weight excluding hydrogens is 348 g/mol. The van der Waals surface area contributed by atoms with Crippen LogP contribution >= 0.6 is 11.8 Å². The van der Waals surface area contributed by atoms with Crippen molar-refractivity contribution < 1.29 is 14.6 Å². The molecule has 0 bridgehead atoms. The number of aliphatic hydroxyl groups excluding tert-OH is 1. The van der Waals surface area contributed by atoms with E-state index in [1.807, 2.05) is 0 Å². The van der Waals surface area contributed by atoms with Crippen LogP contribution in [0, 0.1) is 5.92 Å². The van der Waals surface area contributed by atoms with E-state index < -0.39 is 0 Å². The summed E-state index contributed by atoms with van der Waals surface area (Å²) in [4.78, 5) is 16.9. The molecule has 3 rings (SSSR count). The van der Waals surface area contributed by atoms with Crippen LogP contribution in [-0.4, -0.2) is 33.3 Å². The zero-order valence-electron chi connectivity index (χ0n) is 15.2. The molecule has 0 amide bonds. The lowest BCUT2D eigenvalue weighted by molar-refractivity contribution is 0.102. The lowest BCUT2D eigenvalue weighted by atomic mass is 9.89. The summed E-state index contributed by atoms with van der Waals surface area (Å²) in [6.07, 6.45) is 8.09. The molecule has 1 aromatic carbocycles. The van der Waals surface area contributed by atoms with Crippen molar-refractivity contribution in [2.24, 2.45) is 5.92 Å². The maximum Gasteiger partial charge on any atom is 0.173 e. The number of thioether (sulfide) groups is 1. The summed E-state index contributed by atoms with van der Waals surface area (Å²) in [6.45, 7) is 0.863. The van der Waals surface area contributed by atoms with Crippen LogP contribution in [0.1, 0.15) is 48.2 Å². The maximum absolute atomic E-state index is 12.4. The third-order valence-electron chi connectivity index (χ3n) is 4.97. The minimum Gasteiger partial charge on any atom is -0.497 e. The number of carbonyl (C=O) groups is 1. The Morgan fingerprint density at radius 3 is 2.65 bits per heavy atom. The number of aromatic nitrogens is 2. The molecule has 0 atom stereocenters. The molecule has 6 heteroatoms. The molecule has 0 saturated heterocycles. The van der Waals surface area contributed by atoms with Gasteiger partial charge in [0.2, 0.25) is 0 Å². The average Bonchev–Trinajstić information content (AvgIpc) is 3.08. The number of carbonyl (C=O) groups excluding carboxylic acids is 1. The van der Waals surface area contributed by atoms with Crippen LogP contribution in [0.4, 0.5) is 0 Å². The second-order valence-corrected chi connectivity index (χ2v) is 7.69. The van der Waals surface area contributed by atoms with Crippen LogP contribution in [0.3, 0.4) is 0 Å². The molecule has 0 unspecified atom stereocenters. The first kappa shape index (κ1) is 19.0. The number of hydrogen-bond acceptors (Lipinski definition) is 5. The van der Waals surface area contributed by atoms with Crippen molar-refractivity contribution in [1.82, 2.24) is 9.55 Å². The first-order valence-electron chi connectivity index (χ1n) is 9.16. The molecule has 26 heavy (non-hydrogen) atoms. The van der Waals surface area contributed by atoms with E-state index >= 15 is 0 Å². The second kappa shape index (κ2) is 9.24. The number of aliphatic hydroxyl groups is 1. The molecule has 1 heterocycles. The Labute approximate surface area is 158 Å². The summed E-state index contributed by atoms with van der Waals surface area (Å²) in [6, 6.07) is 7.17. The molecule has 1 aliphatic carbocycles. The molecule has 2 aromatic rings. The van der Waals surface area contributed by atoms with Crippen molar-refractivity contribution in [2.75, 3.05) is 12.9 Å². The second-order valence-electron chi connectivity index (χ2n) is 6.75. The van der Waals surface area contributed by atoms with Crippen LogP contribution in [0.15, 0.2) is 35.6 Å². The van der Waals surface area contributed by atoms with E-state index in [0.29, 0.717) is 17.2 Å². The Morgan fingerprint density at radius 1 is 1.27 bits per heavy atom. The van der Waals surface area contributed by atoms with Gasteiger partial charge in [-0.2, -0.15) is 0 Å². The highest BCUT2D eigenvalue weighted by molar-refractivity contribution is 7.99. The quantitative estimate of drug-likeness (QED) is 0.560. The summed E-state index contributed by atoms with van der Waals surface area (Å²) < 4.78 is 7.23. The number of hydrogen-bond donors (Lipinski definition) is 1. The van der Waals surface area contributed by atoms with Gasteiger partial charge in [0.1, 0.15) is 5.75 Å². The summed E-state index contributed by atoms with van der Waals surface area (Å²) in [5.74, 6) is 1.78. The highest BCUT2D eigenvalue weighted by atomic mass is 32.2. The summed E-state index contributed by atoms with van der Waals surface area (Å²) >= 11 is 1.44. The minimum absolute atomic E-state index is 0.0211. The SMILES string of the molecule is COc1ccc(C(=O)CSc2ncc(CO)n2CC2CCCCC2)cc1. The van der Waals surface area contributed by atoms with Gasteiger partial charge in [-0.05, 0) is 43.0 Å². The third kappa shape index (κ3) is 4.68. The van der Waals surface area contributed by atoms with Gasteiger partial charge in [-0.15, -0.1) is 0 Å². The van der Waals surface area contributed by atoms with E-state index in [4.69, 9.17) is 4.74 Å². The zero-order valence-corrected chi connectivity index (χ0v) is 16.0. The monoisotopic (exact) mass is 374 g/mol. The van der Waals surface area contributed by atoms with Crippen LogP contribution in [0.2, 0.25) is 0 Å². The molecule has 0 radical (unpaired) electrons. The van der Waals surface area contributed by atoms with Gasteiger partial charge in [0.25, 0.3) is 0 Å².